The minimum atomic E-state index is -0.637. The van der Waals surface area contributed by atoms with Crippen molar-refractivity contribution in [2.45, 2.75) is 62.8 Å². The number of benzene rings is 4. The third-order valence-corrected chi connectivity index (χ3v) is 8.94. The van der Waals surface area contributed by atoms with Crippen molar-refractivity contribution in [1.29, 1.82) is 0 Å². The van der Waals surface area contributed by atoms with Crippen molar-refractivity contribution in [3.05, 3.63) is 144 Å². The highest BCUT2D eigenvalue weighted by molar-refractivity contribution is 5.92. The molecule has 5 nitrogen and oxygen atoms in total. The first kappa shape index (κ1) is 28.9. The molecule has 43 heavy (non-hydrogen) atoms. The lowest BCUT2D eigenvalue weighted by molar-refractivity contribution is -0.162. The number of hydrogen-bond donors (Lipinski definition) is 0. The minimum absolute atomic E-state index is 0.0477. The van der Waals surface area contributed by atoms with Crippen molar-refractivity contribution in [3.8, 4) is 0 Å². The fraction of sp³-hybridized carbons (Fsp3) is 0.316. The van der Waals surface area contributed by atoms with E-state index in [9.17, 15) is 9.59 Å². The van der Waals surface area contributed by atoms with Crippen LogP contribution in [0.4, 0.5) is 0 Å². The lowest BCUT2D eigenvalue weighted by Gasteiger charge is -2.44. The van der Waals surface area contributed by atoms with Gasteiger partial charge >= 0.3 is 5.97 Å². The molecule has 3 fully saturated rings. The minimum Gasteiger partial charge on any atom is -0.464 e. The highest BCUT2D eigenvalue weighted by atomic mass is 16.5. The first-order chi connectivity index (χ1) is 21.1. The molecule has 2 heterocycles. The molecular weight excluding hydrogens is 534 g/mol. The fourth-order valence-electron chi connectivity index (χ4n) is 7.05. The second-order valence-corrected chi connectivity index (χ2v) is 11.6. The van der Waals surface area contributed by atoms with Crippen LogP contribution in [0.3, 0.4) is 0 Å². The molecule has 3 aliphatic rings. The summed E-state index contributed by atoms with van der Waals surface area (Å²) in [5.41, 5.74) is 4.02. The maximum Gasteiger partial charge on any atom is 0.329 e. The molecule has 0 aromatic heterocycles. The summed E-state index contributed by atoms with van der Waals surface area (Å²) in [5.74, 6) is -0.923. The van der Waals surface area contributed by atoms with E-state index in [1.54, 1.807) is 0 Å². The van der Waals surface area contributed by atoms with Gasteiger partial charge in [-0.1, -0.05) is 121 Å². The molecule has 7 rings (SSSR count). The number of piperidine rings is 1. The first-order valence-corrected chi connectivity index (χ1v) is 15.5. The Labute approximate surface area is 254 Å². The van der Waals surface area contributed by atoms with Crippen molar-refractivity contribution in [3.63, 3.8) is 0 Å². The quantitative estimate of drug-likeness (QED) is 0.197. The Kier molecular flexibility index (Phi) is 8.99. The molecule has 1 aliphatic carbocycles. The molecule has 2 aliphatic heterocycles. The third-order valence-electron chi connectivity index (χ3n) is 8.94. The Bertz CT molecular complexity index is 1400. The van der Waals surface area contributed by atoms with Crippen LogP contribution in [0, 0.1) is 5.92 Å². The number of esters is 1. The van der Waals surface area contributed by atoms with Crippen LogP contribution in [-0.2, 0) is 19.1 Å². The monoisotopic (exact) mass is 573 g/mol. The van der Waals surface area contributed by atoms with Crippen molar-refractivity contribution in [2.24, 2.45) is 5.92 Å². The Morgan fingerprint density at radius 3 is 1.67 bits per heavy atom. The molecule has 4 aromatic carbocycles. The molecular formula is C38H39NO4. The van der Waals surface area contributed by atoms with Crippen molar-refractivity contribution < 1.29 is 19.1 Å². The van der Waals surface area contributed by atoms with E-state index in [0.29, 0.717) is 12.8 Å². The number of nitrogens with zero attached hydrogens (tertiary/aromatic N) is 1. The van der Waals surface area contributed by atoms with Crippen molar-refractivity contribution in [1.82, 2.24) is 4.90 Å². The van der Waals surface area contributed by atoms with Gasteiger partial charge in [-0.3, -0.25) is 4.79 Å². The van der Waals surface area contributed by atoms with E-state index < -0.39 is 12.0 Å². The van der Waals surface area contributed by atoms with Gasteiger partial charge in [0.25, 0.3) is 0 Å². The predicted molar refractivity (Wildman–Crippen MR) is 167 cm³/mol. The second kappa shape index (κ2) is 13.4. The number of rotatable bonds is 9. The third kappa shape index (κ3) is 6.28. The van der Waals surface area contributed by atoms with E-state index in [1.165, 1.54) is 0 Å². The summed E-state index contributed by atoms with van der Waals surface area (Å²) in [5, 5.41) is 0. The molecule has 4 atom stereocenters. The van der Waals surface area contributed by atoms with Crippen LogP contribution >= 0.6 is 0 Å². The molecule has 5 heteroatoms. The maximum absolute atomic E-state index is 14.8. The molecule has 0 N–H and O–H groups in total. The van der Waals surface area contributed by atoms with Gasteiger partial charge in [0.15, 0.2) is 0 Å². The summed E-state index contributed by atoms with van der Waals surface area (Å²) < 4.78 is 12.6. The van der Waals surface area contributed by atoms with Crippen LogP contribution in [0.25, 0.3) is 0 Å². The van der Waals surface area contributed by atoms with E-state index >= 15 is 0 Å². The highest BCUT2D eigenvalue weighted by Crippen LogP contribution is 2.43. The van der Waals surface area contributed by atoms with Crippen LogP contribution in [0.5, 0.6) is 0 Å². The molecule has 4 aromatic rings. The number of ether oxygens (including phenoxy) is 2. The number of carbonyl (C=O) groups excluding carboxylic acids is 2. The second-order valence-electron chi connectivity index (χ2n) is 11.6. The van der Waals surface area contributed by atoms with Gasteiger partial charge in [0.1, 0.15) is 12.1 Å². The fourth-order valence-corrected chi connectivity index (χ4v) is 7.05. The topological polar surface area (TPSA) is 55.8 Å². The number of hydrogen-bond acceptors (Lipinski definition) is 4. The van der Waals surface area contributed by atoms with E-state index in [4.69, 9.17) is 9.47 Å². The molecule has 1 amide bonds. The van der Waals surface area contributed by atoms with E-state index in [1.807, 2.05) is 109 Å². The summed E-state index contributed by atoms with van der Waals surface area (Å²) in [4.78, 5) is 30.4. The lowest BCUT2D eigenvalue weighted by Crippen LogP contribution is -2.57. The van der Waals surface area contributed by atoms with E-state index in [-0.39, 0.29) is 42.7 Å². The smallest absolute Gasteiger partial charge is 0.329 e. The van der Waals surface area contributed by atoms with Gasteiger partial charge in [0.05, 0.1) is 18.6 Å². The Morgan fingerprint density at radius 2 is 1.19 bits per heavy atom. The van der Waals surface area contributed by atoms with Crippen LogP contribution in [-0.4, -0.2) is 41.6 Å². The average molecular weight is 574 g/mol. The zero-order valence-electron chi connectivity index (χ0n) is 24.6. The van der Waals surface area contributed by atoms with Gasteiger partial charge in [-0.2, -0.15) is 0 Å². The molecule has 0 spiro atoms. The normalized spacial score (nSPS) is 21.5. The summed E-state index contributed by atoms with van der Waals surface area (Å²) >= 11 is 0. The zero-order valence-corrected chi connectivity index (χ0v) is 24.6. The van der Waals surface area contributed by atoms with Gasteiger partial charge in [-0.25, -0.2) is 4.79 Å². The first-order valence-electron chi connectivity index (χ1n) is 15.5. The Morgan fingerprint density at radius 1 is 0.698 bits per heavy atom. The summed E-state index contributed by atoms with van der Waals surface area (Å²) in [6.45, 7) is 2.10. The molecule has 220 valence electrons. The average Bonchev–Trinajstić information content (AvgIpc) is 3.35. The summed E-state index contributed by atoms with van der Waals surface area (Å²) in [6, 6.07) is 39.6. The summed E-state index contributed by atoms with van der Waals surface area (Å²) in [7, 11) is 0. The molecule has 0 radical (unpaired) electrons. The molecule has 2 bridgehead atoms. The van der Waals surface area contributed by atoms with Crippen molar-refractivity contribution >= 4 is 11.9 Å². The highest BCUT2D eigenvalue weighted by Gasteiger charge is 2.50. The van der Waals surface area contributed by atoms with Crippen molar-refractivity contribution in [2.75, 3.05) is 6.61 Å². The predicted octanol–water partition coefficient (Wildman–Crippen LogP) is 7.33. The number of amides is 1. The van der Waals surface area contributed by atoms with Crippen LogP contribution in [0.15, 0.2) is 121 Å². The largest absolute Gasteiger partial charge is 0.464 e. The van der Waals surface area contributed by atoms with Gasteiger partial charge in [0, 0.05) is 6.04 Å². The molecule has 1 unspecified atom stereocenters. The Balaban J connectivity index is 1.36. The van der Waals surface area contributed by atoms with Gasteiger partial charge in [-0.05, 0) is 60.8 Å². The molecule has 2 saturated heterocycles. The number of fused-ring (bicyclic) bond motifs is 4. The Hall–Kier alpha value is -4.22. The van der Waals surface area contributed by atoms with Gasteiger partial charge < -0.3 is 14.4 Å². The number of carbonyl (C=O) groups is 2. The SMILES string of the molecule is CCOC(=O)[C@@H]1[C@@H]2CC[C@@H](CC(OC(c3ccccc3)c3ccccc3)C2)N1C(=O)C(c1ccccc1)c1ccccc1. The van der Waals surface area contributed by atoms with E-state index in [2.05, 4.69) is 24.3 Å². The van der Waals surface area contributed by atoms with Gasteiger partial charge in [-0.15, -0.1) is 0 Å². The standard InChI is InChI=1S/C38H39NO4/c1-2-42-38(41)35-31-23-24-32(39(35)37(40)34(27-15-7-3-8-16-27)28-17-9-4-10-18-28)26-33(25-31)43-36(29-19-11-5-12-20-29)30-21-13-6-14-22-30/h3-22,31-36H,2,23-26H2,1H3/t31-,32+,33?,35+/m1/s1. The van der Waals surface area contributed by atoms with Crippen LogP contribution in [0.2, 0.25) is 0 Å². The van der Waals surface area contributed by atoms with Gasteiger partial charge in [0.2, 0.25) is 5.91 Å². The van der Waals surface area contributed by atoms with Crippen LogP contribution < -0.4 is 0 Å². The zero-order chi connectivity index (χ0) is 29.6. The lowest BCUT2D eigenvalue weighted by atomic mass is 9.83. The van der Waals surface area contributed by atoms with Crippen LogP contribution in [0.1, 0.15) is 66.9 Å². The maximum atomic E-state index is 14.8. The molecule has 1 saturated carbocycles. The summed E-state index contributed by atoms with van der Waals surface area (Å²) in [6.07, 6.45) is 2.71. The van der Waals surface area contributed by atoms with E-state index in [0.717, 1.165) is 35.1 Å².